The smallest absolute Gasteiger partial charge is 0.407 e. The van der Waals surface area contributed by atoms with Crippen LogP contribution in [0.5, 0.6) is 0 Å². The van der Waals surface area contributed by atoms with Gasteiger partial charge in [0.25, 0.3) is 0 Å². The van der Waals surface area contributed by atoms with Crippen LogP contribution in [0.25, 0.3) is 11.2 Å². The van der Waals surface area contributed by atoms with Gasteiger partial charge in [-0.3, -0.25) is 24.0 Å². The number of imidazole rings is 1. The number of aliphatic hydroxyl groups excluding tert-OH is 4. The van der Waals surface area contributed by atoms with Crippen molar-refractivity contribution >= 4 is 58.3 Å². The second kappa shape index (κ2) is 21.3. The Kier molecular flexibility index (Phi) is 16.0. The summed E-state index contributed by atoms with van der Waals surface area (Å²) in [4.78, 5) is 91.3. The maximum absolute atomic E-state index is 13.0. The van der Waals surface area contributed by atoms with Gasteiger partial charge in [-0.2, -0.15) is 0 Å². The number of amides is 6. The predicted octanol–water partition coefficient (Wildman–Crippen LogP) is -1.91. The quantitative estimate of drug-likeness (QED) is 0.0586. The summed E-state index contributed by atoms with van der Waals surface area (Å²) >= 11 is 0. The number of carbonyl (C=O) groups excluding carboxylic acids is 6. The molecule has 3 aromatic rings. The number of carbonyl (C=O) groups is 6. The minimum Gasteiger partial charge on any atom is -0.445 e. The molecule has 0 saturated carbocycles. The maximum Gasteiger partial charge on any atom is 0.407 e. The molecular weight excluding hydrogens is 802 g/mol. The fourth-order valence-electron chi connectivity index (χ4n) is 6.37. The molecule has 8 atom stereocenters. The largest absolute Gasteiger partial charge is 0.445 e. The third-order valence-electron chi connectivity index (χ3n) is 9.81. The monoisotopic (exact) mass is 853 g/mol. The van der Waals surface area contributed by atoms with Gasteiger partial charge in [0, 0.05) is 37.7 Å². The normalized spacial score (nSPS) is 22.0. The van der Waals surface area contributed by atoms with Crippen LogP contribution in [0.1, 0.15) is 45.6 Å². The maximum atomic E-state index is 13.0. The molecule has 11 N–H and O–H groups in total. The molecule has 6 amide bonds. The third-order valence-corrected chi connectivity index (χ3v) is 9.81. The van der Waals surface area contributed by atoms with E-state index < -0.39 is 91.1 Å². The zero-order chi connectivity index (χ0) is 44.2. The number of hydrogen-bond acceptors (Lipinski definition) is 16. The Morgan fingerprint density at radius 3 is 2.39 bits per heavy atom. The lowest BCUT2D eigenvalue weighted by molar-refractivity contribution is -0.185. The minimum atomic E-state index is -1.52. The van der Waals surface area contributed by atoms with Crippen molar-refractivity contribution < 1.29 is 58.7 Å². The van der Waals surface area contributed by atoms with E-state index in [-0.39, 0.29) is 50.7 Å². The summed E-state index contributed by atoms with van der Waals surface area (Å²) in [5.74, 6) is -2.63. The lowest BCUT2D eigenvalue weighted by atomic mass is 9.95. The average Bonchev–Trinajstić information content (AvgIpc) is 3.85. The van der Waals surface area contributed by atoms with Gasteiger partial charge in [-0.05, 0) is 43.0 Å². The topological polar surface area (TPSA) is 332 Å². The first-order valence-electron chi connectivity index (χ1n) is 19.5. The molecule has 5 rings (SSSR count). The van der Waals surface area contributed by atoms with Gasteiger partial charge >= 0.3 is 6.09 Å². The summed E-state index contributed by atoms with van der Waals surface area (Å²) in [6.07, 6.45) is -2.00. The van der Waals surface area contributed by atoms with Crippen LogP contribution in [0.15, 0.2) is 49.1 Å². The van der Waals surface area contributed by atoms with Crippen LogP contribution in [0, 0.1) is 5.92 Å². The highest BCUT2D eigenvalue weighted by Crippen LogP contribution is 2.25. The molecule has 1 unspecified atom stereocenters. The van der Waals surface area contributed by atoms with Gasteiger partial charge in [-0.15, -0.1) is 0 Å². The molecule has 1 aromatic carbocycles. The average molecular weight is 854 g/mol. The lowest BCUT2D eigenvalue weighted by Crippen LogP contribution is -2.65. The third kappa shape index (κ3) is 12.4. The first-order valence-corrected chi connectivity index (χ1v) is 19.5. The number of nitrogens with one attached hydrogen (secondary N) is 7. The van der Waals surface area contributed by atoms with E-state index >= 15 is 0 Å². The number of anilines is 2. The number of aromatic nitrogens is 4. The van der Waals surface area contributed by atoms with Gasteiger partial charge in [0.05, 0.1) is 19.0 Å². The Balaban J connectivity index is 0.968. The number of nitrogens with zero attached hydrogens (tertiary/aromatic N) is 4. The molecule has 0 aliphatic carbocycles. The Bertz CT molecular complexity index is 2050. The van der Waals surface area contributed by atoms with Crippen LogP contribution in [0.2, 0.25) is 0 Å². The van der Waals surface area contributed by atoms with Crippen LogP contribution >= 0.6 is 0 Å². The van der Waals surface area contributed by atoms with E-state index in [0.717, 1.165) is 4.90 Å². The fourth-order valence-corrected chi connectivity index (χ4v) is 6.37. The van der Waals surface area contributed by atoms with E-state index in [0.29, 0.717) is 22.4 Å². The van der Waals surface area contributed by atoms with Crippen LogP contribution in [-0.4, -0.2) is 149 Å². The van der Waals surface area contributed by atoms with Gasteiger partial charge in [-0.1, -0.05) is 26.0 Å². The van der Waals surface area contributed by atoms with Gasteiger partial charge in [0.1, 0.15) is 55.1 Å². The standard InChI is InChI=1S/C38H51N11O12/c1-19(2)28(46-25(52)12-14-49-26(53)10-11-27(49)54)36(58)44-20(3)35(57)45-22-8-6-21(7-9-22)16-60-38(59)39-13-4-5-24(51)47-29-23(15-50)61-37(32(56)31(29)55)48-34-30-33(41-17-40-30)42-18-43-34/h6-11,17-20,23,26,28-29,31-32,37,50,53,55-56H,4-5,12-16H2,1-3H3,(H,39,59)(H,44,58)(H,45,57)(H,46,52)(H,47,51)(H2,40,41,42,43,48)/t20-,23-,26?,28-,29-,31+,32-,37-/m0/s1. The Hall–Kier alpha value is -6.27. The van der Waals surface area contributed by atoms with E-state index in [1.807, 2.05) is 0 Å². The van der Waals surface area contributed by atoms with Crippen molar-refractivity contribution in [2.45, 2.75) is 95.5 Å². The summed E-state index contributed by atoms with van der Waals surface area (Å²) in [7, 11) is 0. The molecule has 2 aliphatic heterocycles. The molecule has 23 heteroatoms. The highest BCUT2D eigenvalue weighted by molar-refractivity contribution is 5.98. The Morgan fingerprint density at radius 1 is 0.951 bits per heavy atom. The van der Waals surface area contributed by atoms with E-state index in [9.17, 15) is 49.2 Å². The Labute approximate surface area is 349 Å². The van der Waals surface area contributed by atoms with Crippen molar-refractivity contribution in [3.8, 4) is 0 Å². The highest BCUT2D eigenvalue weighted by atomic mass is 16.6. The number of aromatic amines is 1. The second-order valence-electron chi connectivity index (χ2n) is 14.7. The molecule has 1 fully saturated rings. The lowest BCUT2D eigenvalue weighted by Gasteiger charge is -2.42. The molecule has 0 radical (unpaired) electrons. The summed E-state index contributed by atoms with van der Waals surface area (Å²) < 4.78 is 11.0. The molecule has 2 aliphatic rings. The number of aliphatic hydroxyl groups is 4. The van der Waals surface area contributed by atoms with Crippen LogP contribution < -0.4 is 31.9 Å². The predicted molar refractivity (Wildman–Crippen MR) is 213 cm³/mol. The van der Waals surface area contributed by atoms with Crippen molar-refractivity contribution in [3.63, 3.8) is 0 Å². The molecule has 330 valence electrons. The molecule has 23 nitrogen and oxygen atoms in total. The second-order valence-corrected chi connectivity index (χ2v) is 14.7. The van der Waals surface area contributed by atoms with Gasteiger partial charge in [0.15, 0.2) is 17.7 Å². The number of hydrogen-bond donors (Lipinski definition) is 11. The van der Waals surface area contributed by atoms with Crippen LogP contribution in [-0.2, 0) is 40.1 Å². The fraction of sp³-hybridized carbons (Fsp3) is 0.500. The number of alkyl carbamates (subject to hydrolysis) is 1. The number of ether oxygens (including phenoxy) is 2. The zero-order valence-corrected chi connectivity index (χ0v) is 33.6. The first kappa shape index (κ1) is 45.8. The Morgan fingerprint density at radius 2 is 1.70 bits per heavy atom. The summed E-state index contributed by atoms with van der Waals surface area (Å²) in [5, 5.41) is 57.2. The number of H-pyrrole nitrogens is 1. The van der Waals surface area contributed by atoms with Gasteiger partial charge in [-0.25, -0.2) is 19.7 Å². The molecule has 4 heterocycles. The molecule has 0 spiro atoms. The summed E-state index contributed by atoms with van der Waals surface area (Å²) in [6, 6.07) is 3.32. The molecule has 0 bridgehead atoms. The van der Waals surface area contributed by atoms with Crippen LogP contribution in [0.4, 0.5) is 16.3 Å². The van der Waals surface area contributed by atoms with E-state index in [4.69, 9.17) is 9.47 Å². The van der Waals surface area contributed by atoms with E-state index in [1.54, 1.807) is 38.1 Å². The first-order chi connectivity index (χ1) is 29.1. The van der Waals surface area contributed by atoms with Gasteiger partial charge in [0.2, 0.25) is 29.5 Å². The zero-order valence-electron chi connectivity index (χ0n) is 33.6. The van der Waals surface area contributed by atoms with Crippen molar-refractivity contribution in [2.75, 3.05) is 30.3 Å². The van der Waals surface area contributed by atoms with Crippen LogP contribution in [0.3, 0.4) is 0 Å². The van der Waals surface area contributed by atoms with E-state index in [1.165, 1.54) is 31.7 Å². The van der Waals surface area contributed by atoms with Crippen molar-refractivity contribution in [2.24, 2.45) is 5.92 Å². The molecule has 61 heavy (non-hydrogen) atoms. The molecule has 1 saturated heterocycles. The van der Waals surface area contributed by atoms with Gasteiger partial charge < -0.3 is 71.7 Å². The minimum absolute atomic E-state index is 0.0396. The highest BCUT2D eigenvalue weighted by Gasteiger charge is 2.45. The van der Waals surface area contributed by atoms with Crippen molar-refractivity contribution in [3.05, 3.63) is 54.6 Å². The number of benzene rings is 1. The SMILES string of the molecule is CC(C)[C@H](NC(=O)CCN1C(=O)C=CC1O)C(=O)N[C@@H](C)C(=O)Nc1ccc(COC(=O)NCCCC(=O)N[C@@H]2[C@@H](O)[C@H](O)[C@@H](Nc3ncnc4nc[nH]c34)O[C@H]2CO)cc1. The number of fused-ring (bicyclic) bond motifs is 1. The molecule has 2 aromatic heterocycles. The summed E-state index contributed by atoms with van der Waals surface area (Å²) in [5.41, 5.74) is 1.80. The number of rotatable bonds is 19. The molecular formula is C38H51N11O12. The summed E-state index contributed by atoms with van der Waals surface area (Å²) in [6.45, 7) is 4.28. The van der Waals surface area contributed by atoms with Crippen molar-refractivity contribution in [1.82, 2.24) is 46.1 Å². The van der Waals surface area contributed by atoms with E-state index in [2.05, 4.69) is 51.8 Å². The van der Waals surface area contributed by atoms with Crippen molar-refractivity contribution in [1.29, 1.82) is 0 Å².